The van der Waals surface area contributed by atoms with E-state index < -0.39 is 11.8 Å². The average molecular weight is 285 g/mol. The molecule has 0 saturated carbocycles. The second-order valence-corrected chi connectivity index (χ2v) is 4.24. The molecule has 2 aromatic rings. The Kier molecular flexibility index (Phi) is 4.52. The maximum absolute atomic E-state index is 13.5. The lowest BCUT2D eigenvalue weighted by atomic mass is 10.1. The van der Waals surface area contributed by atoms with Gasteiger partial charge in [-0.1, -0.05) is 12.1 Å². The second kappa shape index (κ2) is 6.53. The first-order valence-electron chi connectivity index (χ1n) is 6.13. The summed E-state index contributed by atoms with van der Waals surface area (Å²) < 4.78 is 23.4. The molecule has 0 amide bonds. The van der Waals surface area contributed by atoms with E-state index in [-0.39, 0.29) is 17.9 Å². The predicted octanol–water partition coefficient (Wildman–Crippen LogP) is 3.06. The third-order valence-electron chi connectivity index (χ3n) is 2.81. The van der Waals surface area contributed by atoms with Gasteiger partial charge in [-0.05, 0) is 35.9 Å². The normalized spacial score (nSPS) is 9.76. The van der Waals surface area contributed by atoms with Crippen molar-refractivity contribution in [1.29, 1.82) is 5.26 Å². The minimum Gasteiger partial charge on any atom is -0.494 e. The maximum Gasteiger partial charge on any atom is 0.338 e. The Bertz CT molecular complexity index is 707. The van der Waals surface area contributed by atoms with E-state index in [9.17, 15) is 9.18 Å². The first kappa shape index (κ1) is 14.5. The third kappa shape index (κ3) is 3.57. The summed E-state index contributed by atoms with van der Waals surface area (Å²) in [5.74, 6) is -0.951. The molecule has 5 heteroatoms. The van der Waals surface area contributed by atoms with Gasteiger partial charge in [0.1, 0.15) is 6.61 Å². The molecule has 106 valence electrons. The number of nitriles is 1. The van der Waals surface area contributed by atoms with E-state index in [1.807, 2.05) is 6.07 Å². The molecule has 0 aliphatic heterocycles. The Morgan fingerprint density at radius 1 is 1.29 bits per heavy atom. The summed E-state index contributed by atoms with van der Waals surface area (Å²) in [4.78, 5) is 11.8. The van der Waals surface area contributed by atoms with Crippen LogP contribution in [-0.2, 0) is 11.3 Å². The highest BCUT2D eigenvalue weighted by Gasteiger charge is 2.09. The molecule has 0 atom stereocenters. The van der Waals surface area contributed by atoms with Crippen molar-refractivity contribution in [3.05, 3.63) is 65.0 Å². The van der Waals surface area contributed by atoms with E-state index in [1.54, 1.807) is 24.3 Å². The quantitative estimate of drug-likeness (QED) is 0.810. The molecule has 4 nitrogen and oxygen atoms in total. The number of halogens is 1. The van der Waals surface area contributed by atoms with Crippen molar-refractivity contribution in [2.24, 2.45) is 0 Å². The summed E-state index contributed by atoms with van der Waals surface area (Å²) >= 11 is 0. The summed E-state index contributed by atoms with van der Waals surface area (Å²) in [7, 11) is 1.38. The number of ether oxygens (including phenoxy) is 2. The van der Waals surface area contributed by atoms with Crippen LogP contribution < -0.4 is 4.74 Å². The molecule has 21 heavy (non-hydrogen) atoms. The molecule has 0 saturated heterocycles. The van der Waals surface area contributed by atoms with E-state index in [4.69, 9.17) is 14.7 Å². The molecule has 0 unspecified atom stereocenters. The minimum absolute atomic E-state index is 0.0590. The van der Waals surface area contributed by atoms with Gasteiger partial charge in [0.2, 0.25) is 0 Å². The lowest BCUT2D eigenvalue weighted by Gasteiger charge is -2.07. The van der Waals surface area contributed by atoms with Crippen LogP contribution in [-0.4, -0.2) is 13.1 Å². The summed E-state index contributed by atoms with van der Waals surface area (Å²) in [6.45, 7) is -0.0590. The first-order valence-corrected chi connectivity index (χ1v) is 6.13. The molecule has 0 N–H and O–H groups in total. The Morgan fingerprint density at radius 2 is 2.10 bits per heavy atom. The zero-order chi connectivity index (χ0) is 15.2. The van der Waals surface area contributed by atoms with E-state index in [0.717, 1.165) is 0 Å². The molecule has 0 radical (unpaired) electrons. The molecule has 2 aromatic carbocycles. The highest BCUT2D eigenvalue weighted by Crippen LogP contribution is 2.18. The van der Waals surface area contributed by atoms with Gasteiger partial charge in [-0.25, -0.2) is 9.18 Å². The van der Waals surface area contributed by atoms with Crippen molar-refractivity contribution >= 4 is 5.97 Å². The molecular formula is C16H12FNO3. The van der Waals surface area contributed by atoms with Gasteiger partial charge in [0.25, 0.3) is 0 Å². The maximum atomic E-state index is 13.5. The van der Waals surface area contributed by atoms with Crippen LogP contribution in [0.15, 0.2) is 42.5 Å². The van der Waals surface area contributed by atoms with Crippen molar-refractivity contribution in [3.8, 4) is 11.8 Å². The molecule has 0 aliphatic rings. The van der Waals surface area contributed by atoms with Gasteiger partial charge in [-0.15, -0.1) is 0 Å². The van der Waals surface area contributed by atoms with Gasteiger partial charge in [-0.2, -0.15) is 5.26 Å². The standard InChI is InChI=1S/C16H12FNO3/c1-20-15-6-5-12(8-14(15)17)10-21-16(19)13-4-2-3-11(7-13)9-18/h2-8H,10H2,1H3. The van der Waals surface area contributed by atoms with Gasteiger partial charge in [0.05, 0.1) is 24.3 Å². The number of rotatable bonds is 4. The van der Waals surface area contributed by atoms with Crippen molar-refractivity contribution in [1.82, 2.24) is 0 Å². The smallest absolute Gasteiger partial charge is 0.338 e. The fraction of sp³-hybridized carbons (Fsp3) is 0.125. The highest BCUT2D eigenvalue weighted by molar-refractivity contribution is 5.89. The fourth-order valence-corrected chi connectivity index (χ4v) is 1.75. The molecule has 0 spiro atoms. The zero-order valence-electron chi connectivity index (χ0n) is 11.3. The molecule has 0 fully saturated rings. The largest absolute Gasteiger partial charge is 0.494 e. The fourth-order valence-electron chi connectivity index (χ4n) is 1.75. The Morgan fingerprint density at radius 3 is 2.76 bits per heavy atom. The van der Waals surface area contributed by atoms with Crippen LogP contribution >= 0.6 is 0 Å². The Hall–Kier alpha value is -2.87. The zero-order valence-corrected chi connectivity index (χ0v) is 11.3. The number of nitrogens with zero attached hydrogens (tertiary/aromatic N) is 1. The van der Waals surface area contributed by atoms with Crippen LogP contribution in [0.5, 0.6) is 5.75 Å². The Labute approximate surface area is 121 Å². The lowest BCUT2D eigenvalue weighted by Crippen LogP contribution is -2.05. The van der Waals surface area contributed by atoms with Crippen LogP contribution in [0.3, 0.4) is 0 Å². The number of carbonyl (C=O) groups is 1. The van der Waals surface area contributed by atoms with Crippen LogP contribution in [0, 0.1) is 17.1 Å². The van der Waals surface area contributed by atoms with Crippen molar-refractivity contribution in [2.45, 2.75) is 6.61 Å². The van der Waals surface area contributed by atoms with E-state index in [1.165, 1.54) is 25.3 Å². The summed E-state index contributed by atoms with van der Waals surface area (Å²) in [6, 6.07) is 12.5. The molecule has 2 rings (SSSR count). The molecular weight excluding hydrogens is 273 g/mol. The number of methoxy groups -OCH3 is 1. The van der Waals surface area contributed by atoms with E-state index >= 15 is 0 Å². The highest BCUT2D eigenvalue weighted by atomic mass is 19.1. The lowest BCUT2D eigenvalue weighted by molar-refractivity contribution is 0.0472. The molecule has 0 heterocycles. The Balaban J connectivity index is 2.04. The first-order chi connectivity index (χ1) is 10.1. The van der Waals surface area contributed by atoms with Crippen molar-refractivity contribution in [3.63, 3.8) is 0 Å². The van der Waals surface area contributed by atoms with Crippen LogP contribution in [0.4, 0.5) is 4.39 Å². The van der Waals surface area contributed by atoms with Crippen molar-refractivity contribution < 1.29 is 18.7 Å². The summed E-state index contributed by atoms with van der Waals surface area (Å²) in [5.41, 5.74) is 1.17. The van der Waals surface area contributed by atoms with Gasteiger partial charge in [0.15, 0.2) is 11.6 Å². The summed E-state index contributed by atoms with van der Waals surface area (Å²) in [6.07, 6.45) is 0. The number of hydrogen-bond acceptors (Lipinski definition) is 4. The third-order valence-corrected chi connectivity index (χ3v) is 2.81. The van der Waals surface area contributed by atoms with E-state index in [2.05, 4.69) is 0 Å². The second-order valence-electron chi connectivity index (χ2n) is 4.24. The SMILES string of the molecule is COc1ccc(COC(=O)c2cccc(C#N)c2)cc1F. The van der Waals surface area contributed by atoms with E-state index in [0.29, 0.717) is 11.1 Å². The number of benzene rings is 2. The molecule has 0 bridgehead atoms. The summed E-state index contributed by atoms with van der Waals surface area (Å²) in [5, 5.41) is 8.78. The molecule has 0 aliphatic carbocycles. The van der Waals surface area contributed by atoms with Gasteiger partial charge >= 0.3 is 5.97 Å². The average Bonchev–Trinajstić information content (AvgIpc) is 2.52. The number of carbonyl (C=O) groups excluding carboxylic acids is 1. The van der Waals surface area contributed by atoms with Gasteiger partial charge in [-0.3, -0.25) is 0 Å². The van der Waals surface area contributed by atoms with Crippen LogP contribution in [0.2, 0.25) is 0 Å². The minimum atomic E-state index is -0.566. The number of esters is 1. The van der Waals surface area contributed by atoms with Crippen molar-refractivity contribution in [2.75, 3.05) is 7.11 Å². The predicted molar refractivity (Wildman–Crippen MR) is 73.2 cm³/mol. The van der Waals surface area contributed by atoms with Crippen LogP contribution in [0.25, 0.3) is 0 Å². The van der Waals surface area contributed by atoms with Crippen LogP contribution in [0.1, 0.15) is 21.5 Å². The molecule has 0 aromatic heterocycles. The topological polar surface area (TPSA) is 59.3 Å². The van der Waals surface area contributed by atoms with Gasteiger partial charge in [0, 0.05) is 0 Å². The van der Waals surface area contributed by atoms with Gasteiger partial charge < -0.3 is 9.47 Å². The monoisotopic (exact) mass is 285 g/mol. The number of hydrogen-bond donors (Lipinski definition) is 0.